The molecule has 6 heteroatoms. The Balaban J connectivity index is 2.30. The van der Waals surface area contributed by atoms with Crippen LogP contribution in [0.3, 0.4) is 0 Å². The van der Waals surface area contributed by atoms with Crippen molar-refractivity contribution in [1.82, 2.24) is 5.43 Å². The van der Waals surface area contributed by atoms with Crippen LogP contribution < -0.4 is 16.6 Å². The monoisotopic (exact) mass is 299 g/mol. The molecule has 0 aliphatic rings. The predicted molar refractivity (Wildman–Crippen MR) is 69.0 cm³/mol. The molecule has 0 aromatic heterocycles. The van der Waals surface area contributed by atoms with Crippen LogP contribution in [0.2, 0.25) is 0 Å². The van der Waals surface area contributed by atoms with Crippen molar-refractivity contribution in [3.63, 3.8) is 0 Å². The van der Waals surface area contributed by atoms with Crippen molar-refractivity contribution in [2.24, 2.45) is 5.84 Å². The SMILES string of the molecule is NNC(=O)CCCC(=O)Nc1ccc(Br)cc1. The molecular weight excluding hydrogens is 286 g/mol. The van der Waals surface area contributed by atoms with Gasteiger partial charge in [0.1, 0.15) is 0 Å². The molecule has 0 fully saturated rings. The molecule has 0 aliphatic carbocycles. The first-order valence-corrected chi connectivity index (χ1v) is 5.96. The summed E-state index contributed by atoms with van der Waals surface area (Å²) >= 11 is 3.31. The van der Waals surface area contributed by atoms with Gasteiger partial charge in [0.05, 0.1) is 0 Å². The zero-order chi connectivity index (χ0) is 12.7. The molecule has 0 radical (unpaired) electrons. The van der Waals surface area contributed by atoms with Crippen LogP contribution in [0.5, 0.6) is 0 Å². The minimum atomic E-state index is -0.263. The summed E-state index contributed by atoms with van der Waals surface area (Å²) in [6.07, 6.45) is 1.03. The van der Waals surface area contributed by atoms with E-state index in [0.29, 0.717) is 12.8 Å². The van der Waals surface area contributed by atoms with Crippen molar-refractivity contribution >= 4 is 33.4 Å². The second-order valence-electron chi connectivity index (χ2n) is 3.48. The van der Waals surface area contributed by atoms with Crippen LogP contribution in [0.25, 0.3) is 0 Å². The smallest absolute Gasteiger partial charge is 0.233 e. The average molecular weight is 300 g/mol. The van der Waals surface area contributed by atoms with E-state index in [1.54, 1.807) is 12.1 Å². The average Bonchev–Trinajstić information content (AvgIpc) is 2.32. The fourth-order valence-electron chi connectivity index (χ4n) is 1.24. The summed E-state index contributed by atoms with van der Waals surface area (Å²) in [5.74, 6) is 4.55. The van der Waals surface area contributed by atoms with Crippen molar-refractivity contribution in [2.75, 3.05) is 5.32 Å². The highest BCUT2D eigenvalue weighted by Gasteiger charge is 2.04. The predicted octanol–water partition coefficient (Wildman–Crippen LogP) is 1.55. The second kappa shape index (κ2) is 7.03. The normalized spacial score (nSPS) is 9.76. The summed E-state index contributed by atoms with van der Waals surface area (Å²) in [6.45, 7) is 0. The largest absolute Gasteiger partial charge is 0.326 e. The number of hydrazine groups is 1. The lowest BCUT2D eigenvalue weighted by Gasteiger charge is -2.04. The van der Waals surface area contributed by atoms with Gasteiger partial charge in [-0.2, -0.15) is 0 Å². The molecule has 1 aromatic rings. The number of benzene rings is 1. The lowest BCUT2D eigenvalue weighted by Crippen LogP contribution is -2.29. The van der Waals surface area contributed by atoms with Gasteiger partial charge in [0, 0.05) is 23.0 Å². The maximum atomic E-state index is 11.5. The lowest BCUT2D eigenvalue weighted by molar-refractivity contribution is -0.121. The fraction of sp³-hybridized carbons (Fsp3) is 0.273. The Labute approximate surface area is 108 Å². The highest BCUT2D eigenvalue weighted by Crippen LogP contribution is 2.14. The number of anilines is 1. The molecule has 92 valence electrons. The summed E-state index contributed by atoms with van der Waals surface area (Å²) in [7, 11) is 0. The van der Waals surface area contributed by atoms with E-state index >= 15 is 0 Å². The van der Waals surface area contributed by atoms with Crippen LogP contribution >= 0.6 is 15.9 Å². The van der Waals surface area contributed by atoms with E-state index < -0.39 is 0 Å². The number of amides is 2. The molecule has 1 rings (SSSR count). The van der Waals surface area contributed by atoms with E-state index in [1.165, 1.54) is 0 Å². The fourth-order valence-corrected chi connectivity index (χ4v) is 1.50. The van der Waals surface area contributed by atoms with Crippen LogP contribution in [-0.2, 0) is 9.59 Å². The molecule has 0 aliphatic heterocycles. The van der Waals surface area contributed by atoms with Crippen molar-refractivity contribution < 1.29 is 9.59 Å². The Morgan fingerprint density at radius 2 is 1.71 bits per heavy atom. The van der Waals surface area contributed by atoms with Crippen LogP contribution in [0.15, 0.2) is 28.7 Å². The van der Waals surface area contributed by atoms with Gasteiger partial charge in [0.15, 0.2) is 0 Å². The Morgan fingerprint density at radius 1 is 1.12 bits per heavy atom. The quantitative estimate of drug-likeness (QED) is 0.438. The maximum absolute atomic E-state index is 11.5. The zero-order valence-electron chi connectivity index (χ0n) is 9.20. The molecule has 0 bridgehead atoms. The Bertz CT molecular complexity index is 392. The second-order valence-corrected chi connectivity index (χ2v) is 4.39. The van der Waals surface area contributed by atoms with Crippen LogP contribution in [-0.4, -0.2) is 11.8 Å². The summed E-state index contributed by atoms with van der Waals surface area (Å²) in [4.78, 5) is 22.3. The molecule has 0 atom stereocenters. The number of hydrogen-bond acceptors (Lipinski definition) is 3. The van der Waals surface area contributed by atoms with Gasteiger partial charge in [-0.15, -0.1) is 0 Å². The van der Waals surface area contributed by atoms with E-state index in [0.717, 1.165) is 10.2 Å². The van der Waals surface area contributed by atoms with Crippen molar-refractivity contribution in [1.29, 1.82) is 0 Å². The summed E-state index contributed by atoms with van der Waals surface area (Å²) in [6, 6.07) is 7.29. The van der Waals surface area contributed by atoms with E-state index in [2.05, 4.69) is 21.2 Å². The van der Waals surface area contributed by atoms with E-state index in [4.69, 9.17) is 5.84 Å². The summed E-state index contributed by atoms with van der Waals surface area (Å²) in [5, 5.41) is 2.74. The Hall–Kier alpha value is -1.40. The maximum Gasteiger partial charge on any atom is 0.233 e. The minimum Gasteiger partial charge on any atom is -0.326 e. The molecule has 2 amide bonds. The van der Waals surface area contributed by atoms with Crippen LogP contribution in [0, 0.1) is 0 Å². The molecule has 1 aromatic carbocycles. The molecule has 0 spiro atoms. The molecule has 5 nitrogen and oxygen atoms in total. The van der Waals surface area contributed by atoms with Gasteiger partial charge in [0.25, 0.3) is 0 Å². The number of hydrogen-bond donors (Lipinski definition) is 3. The topological polar surface area (TPSA) is 84.2 Å². The Kier molecular flexibility index (Phi) is 5.65. The summed E-state index contributed by atoms with van der Waals surface area (Å²) < 4.78 is 0.954. The number of nitrogens with two attached hydrogens (primary N) is 1. The Morgan fingerprint density at radius 3 is 2.29 bits per heavy atom. The molecule has 17 heavy (non-hydrogen) atoms. The third-order valence-electron chi connectivity index (χ3n) is 2.10. The minimum absolute atomic E-state index is 0.114. The number of nitrogens with one attached hydrogen (secondary N) is 2. The van der Waals surface area contributed by atoms with Gasteiger partial charge in [0.2, 0.25) is 11.8 Å². The standard InChI is InChI=1S/C11H14BrN3O2/c12-8-4-6-9(7-5-8)14-10(16)2-1-3-11(17)15-13/h4-7H,1-3,13H2,(H,14,16)(H,15,17). The van der Waals surface area contributed by atoms with E-state index in [1.807, 2.05) is 17.6 Å². The van der Waals surface area contributed by atoms with Crippen molar-refractivity contribution in [3.8, 4) is 0 Å². The molecule has 4 N–H and O–H groups in total. The first kappa shape index (κ1) is 13.7. The first-order chi connectivity index (χ1) is 8.11. The zero-order valence-corrected chi connectivity index (χ0v) is 10.8. The van der Waals surface area contributed by atoms with E-state index in [-0.39, 0.29) is 18.2 Å². The lowest BCUT2D eigenvalue weighted by atomic mass is 10.2. The highest BCUT2D eigenvalue weighted by molar-refractivity contribution is 9.10. The number of carbonyl (C=O) groups is 2. The van der Waals surface area contributed by atoms with Crippen molar-refractivity contribution in [3.05, 3.63) is 28.7 Å². The van der Waals surface area contributed by atoms with Gasteiger partial charge < -0.3 is 5.32 Å². The van der Waals surface area contributed by atoms with Gasteiger partial charge in [-0.05, 0) is 30.7 Å². The number of rotatable bonds is 5. The van der Waals surface area contributed by atoms with Crippen LogP contribution in [0.1, 0.15) is 19.3 Å². The van der Waals surface area contributed by atoms with Crippen molar-refractivity contribution in [2.45, 2.75) is 19.3 Å². The molecule has 0 heterocycles. The first-order valence-electron chi connectivity index (χ1n) is 5.16. The van der Waals surface area contributed by atoms with Crippen LogP contribution in [0.4, 0.5) is 5.69 Å². The highest BCUT2D eigenvalue weighted by atomic mass is 79.9. The third-order valence-corrected chi connectivity index (χ3v) is 2.63. The number of halogens is 1. The van der Waals surface area contributed by atoms with E-state index in [9.17, 15) is 9.59 Å². The van der Waals surface area contributed by atoms with Gasteiger partial charge in [-0.1, -0.05) is 15.9 Å². The summed E-state index contributed by atoms with van der Waals surface area (Å²) in [5.41, 5.74) is 2.76. The molecule has 0 saturated carbocycles. The van der Waals surface area contributed by atoms with Gasteiger partial charge in [-0.25, -0.2) is 5.84 Å². The number of carbonyl (C=O) groups excluding carboxylic acids is 2. The van der Waals surface area contributed by atoms with Gasteiger partial charge in [-0.3, -0.25) is 15.0 Å². The molecule has 0 saturated heterocycles. The third kappa shape index (κ3) is 5.46. The molecular formula is C11H14BrN3O2. The van der Waals surface area contributed by atoms with Gasteiger partial charge >= 0.3 is 0 Å². The molecule has 0 unspecified atom stereocenters.